The molecule has 1 aromatic heterocycles. The lowest BCUT2D eigenvalue weighted by atomic mass is 10.1. The van der Waals surface area contributed by atoms with Gasteiger partial charge in [-0.15, -0.1) is 0 Å². The fourth-order valence-corrected chi connectivity index (χ4v) is 1.71. The number of allylic oxidation sites excluding steroid dienone is 1. The van der Waals surface area contributed by atoms with E-state index in [0.29, 0.717) is 0 Å². The van der Waals surface area contributed by atoms with Crippen molar-refractivity contribution in [2.45, 2.75) is 0 Å². The molecule has 4 heteroatoms. The van der Waals surface area contributed by atoms with Gasteiger partial charge in [-0.1, -0.05) is 6.07 Å². The van der Waals surface area contributed by atoms with Gasteiger partial charge in [-0.05, 0) is 18.2 Å². The smallest absolute Gasteiger partial charge is 0.0945 e. The van der Waals surface area contributed by atoms with Crippen molar-refractivity contribution in [2.75, 3.05) is 0 Å². The second kappa shape index (κ2) is 2.95. The third-order valence-corrected chi connectivity index (χ3v) is 2.51. The molecule has 0 atom stereocenters. The molecular formula is C11H9N4. The zero-order chi connectivity index (χ0) is 10.3. The summed E-state index contributed by atoms with van der Waals surface area (Å²) in [5.74, 6) is 0. The van der Waals surface area contributed by atoms with Crippen LogP contribution < -0.4 is 5.43 Å². The van der Waals surface area contributed by atoms with E-state index in [0.717, 1.165) is 22.2 Å². The van der Waals surface area contributed by atoms with E-state index in [-0.39, 0.29) is 0 Å². The van der Waals surface area contributed by atoms with Crippen LogP contribution in [0.2, 0.25) is 0 Å². The Bertz CT molecular complexity index is 577. The average Bonchev–Trinajstić information content (AvgIpc) is 2.88. The fraction of sp³-hybridized carbons (Fsp3) is 0.0909. The van der Waals surface area contributed by atoms with E-state index in [1.807, 2.05) is 36.1 Å². The standard InChI is InChI=1S/C11H9N4/c1-15-11-3-2-8(6-9(11)7-13-15)10-4-5-12-14-10/h2-7H,1H3. The van der Waals surface area contributed by atoms with E-state index >= 15 is 0 Å². The maximum absolute atomic E-state index is 4.20. The molecule has 0 saturated heterocycles. The first-order chi connectivity index (χ1) is 7.34. The highest BCUT2D eigenvalue weighted by Crippen LogP contribution is 2.16. The number of fused-ring (bicyclic) bond motifs is 1. The second-order valence-corrected chi connectivity index (χ2v) is 3.46. The third kappa shape index (κ3) is 1.22. The summed E-state index contributed by atoms with van der Waals surface area (Å²) in [5.41, 5.74) is 6.92. The topological polar surface area (TPSA) is 44.3 Å². The number of benzene rings is 1. The van der Waals surface area contributed by atoms with Crippen LogP contribution in [0.25, 0.3) is 10.9 Å². The van der Waals surface area contributed by atoms with E-state index in [2.05, 4.69) is 21.7 Å². The first-order valence-corrected chi connectivity index (χ1v) is 4.71. The van der Waals surface area contributed by atoms with Crippen LogP contribution in [0.5, 0.6) is 0 Å². The van der Waals surface area contributed by atoms with Crippen LogP contribution >= 0.6 is 0 Å². The lowest BCUT2D eigenvalue weighted by Gasteiger charge is -1.98. The highest BCUT2D eigenvalue weighted by molar-refractivity contribution is 6.10. The molecule has 4 nitrogen and oxygen atoms in total. The number of aromatic nitrogens is 2. The van der Waals surface area contributed by atoms with Crippen LogP contribution in [0.1, 0.15) is 5.56 Å². The number of aryl methyl sites for hydroxylation is 1. The monoisotopic (exact) mass is 197 g/mol. The molecule has 1 radical (unpaired) electrons. The molecule has 73 valence electrons. The molecule has 0 fully saturated rings. The summed E-state index contributed by atoms with van der Waals surface area (Å²) < 4.78 is 1.86. The van der Waals surface area contributed by atoms with Gasteiger partial charge in [0.25, 0.3) is 0 Å². The van der Waals surface area contributed by atoms with Crippen molar-refractivity contribution >= 4 is 16.6 Å². The molecule has 1 aliphatic rings. The van der Waals surface area contributed by atoms with Gasteiger partial charge in [0.15, 0.2) is 0 Å². The van der Waals surface area contributed by atoms with Crippen molar-refractivity contribution in [3.8, 4) is 0 Å². The van der Waals surface area contributed by atoms with Crippen LogP contribution in [0, 0.1) is 0 Å². The molecule has 0 spiro atoms. The first kappa shape index (κ1) is 8.23. The summed E-state index contributed by atoms with van der Waals surface area (Å²) in [6.07, 6.45) is 5.45. The molecule has 1 aliphatic heterocycles. The number of hydrogen-bond donors (Lipinski definition) is 0. The zero-order valence-electron chi connectivity index (χ0n) is 8.25. The highest BCUT2D eigenvalue weighted by atomic mass is 15.3. The Morgan fingerprint density at radius 3 is 3.00 bits per heavy atom. The van der Waals surface area contributed by atoms with Crippen molar-refractivity contribution in [2.24, 2.45) is 12.1 Å². The SMILES string of the molecule is Cn1ncc2cc(C3=N[N]C=C3)ccc21. The molecule has 0 amide bonds. The average molecular weight is 197 g/mol. The van der Waals surface area contributed by atoms with E-state index in [1.165, 1.54) is 0 Å². The maximum atomic E-state index is 4.20. The molecule has 3 rings (SSSR count). The van der Waals surface area contributed by atoms with Crippen molar-refractivity contribution in [3.63, 3.8) is 0 Å². The van der Waals surface area contributed by atoms with Gasteiger partial charge < -0.3 is 0 Å². The van der Waals surface area contributed by atoms with Crippen molar-refractivity contribution in [1.82, 2.24) is 15.2 Å². The zero-order valence-corrected chi connectivity index (χ0v) is 8.25. The van der Waals surface area contributed by atoms with E-state index < -0.39 is 0 Å². The molecule has 0 unspecified atom stereocenters. The molecule has 2 heterocycles. The predicted octanol–water partition coefficient (Wildman–Crippen LogP) is 1.41. The van der Waals surface area contributed by atoms with Crippen LogP contribution in [0.3, 0.4) is 0 Å². The molecule has 0 N–H and O–H groups in total. The van der Waals surface area contributed by atoms with Gasteiger partial charge in [0.1, 0.15) is 0 Å². The summed E-state index contributed by atoms with van der Waals surface area (Å²) in [7, 11) is 1.93. The molecular weight excluding hydrogens is 188 g/mol. The molecule has 0 saturated carbocycles. The van der Waals surface area contributed by atoms with Gasteiger partial charge in [0.05, 0.1) is 23.6 Å². The maximum Gasteiger partial charge on any atom is 0.0945 e. The second-order valence-electron chi connectivity index (χ2n) is 3.46. The summed E-state index contributed by atoms with van der Waals surface area (Å²) in [4.78, 5) is 0. The van der Waals surface area contributed by atoms with Crippen molar-refractivity contribution < 1.29 is 0 Å². The quantitative estimate of drug-likeness (QED) is 0.681. The minimum absolute atomic E-state index is 0.903. The largest absolute Gasteiger partial charge is 0.268 e. The molecule has 0 bridgehead atoms. The Morgan fingerprint density at radius 1 is 1.27 bits per heavy atom. The fourth-order valence-electron chi connectivity index (χ4n) is 1.71. The van der Waals surface area contributed by atoms with Gasteiger partial charge in [-0.3, -0.25) is 4.68 Å². The Kier molecular flexibility index (Phi) is 1.62. The first-order valence-electron chi connectivity index (χ1n) is 4.71. The highest BCUT2D eigenvalue weighted by Gasteiger charge is 2.06. The predicted molar refractivity (Wildman–Crippen MR) is 58.5 cm³/mol. The van der Waals surface area contributed by atoms with Crippen LogP contribution in [-0.2, 0) is 7.05 Å². The van der Waals surface area contributed by atoms with E-state index in [4.69, 9.17) is 0 Å². The van der Waals surface area contributed by atoms with Crippen LogP contribution in [0.15, 0.2) is 41.8 Å². The Hall–Kier alpha value is -2.10. The normalized spacial score (nSPS) is 14.3. The van der Waals surface area contributed by atoms with Crippen molar-refractivity contribution in [3.05, 3.63) is 42.2 Å². The van der Waals surface area contributed by atoms with Crippen LogP contribution in [0.4, 0.5) is 0 Å². The Balaban J connectivity index is 2.18. The van der Waals surface area contributed by atoms with Gasteiger partial charge in [-0.2, -0.15) is 15.6 Å². The number of nitrogens with zero attached hydrogens (tertiary/aromatic N) is 4. The summed E-state index contributed by atoms with van der Waals surface area (Å²) >= 11 is 0. The molecule has 15 heavy (non-hydrogen) atoms. The minimum atomic E-state index is 0.903. The summed E-state index contributed by atoms with van der Waals surface area (Å²) in [6, 6.07) is 6.16. The minimum Gasteiger partial charge on any atom is -0.268 e. The van der Waals surface area contributed by atoms with Gasteiger partial charge >= 0.3 is 0 Å². The Labute approximate surface area is 86.9 Å². The lowest BCUT2D eigenvalue weighted by molar-refractivity contribution is 0.797. The lowest BCUT2D eigenvalue weighted by Crippen LogP contribution is -1.94. The van der Waals surface area contributed by atoms with Gasteiger partial charge in [0.2, 0.25) is 0 Å². The van der Waals surface area contributed by atoms with Gasteiger partial charge in [-0.25, -0.2) is 0 Å². The number of rotatable bonds is 1. The van der Waals surface area contributed by atoms with Crippen LogP contribution in [-0.4, -0.2) is 15.5 Å². The Morgan fingerprint density at radius 2 is 2.20 bits per heavy atom. The molecule has 1 aromatic carbocycles. The molecule has 0 aliphatic carbocycles. The number of hydrogen-bond acceptors (Lipinski definition) is 2. The summed E-state index contributed by atoms with van der Waals surface area (Å²) in [5, 5.41) is 9.34. The van der Waals surface area contributed by atoms with E-state index in [9.17, 15) is 0 Å². The van der Waals surface area contributed by atoms with Gasteiger partial charge in [0, 0.05) is 18.0 Å². The van der Waals surface area contributed by atoms with E-state index in [1.54, 1.807) is 6.20 Å². The van der Waals surface area contributed by atoms with Crippen molar-refractivity contribution in [1.29, 1.82) is 0 Å². The summed E-state index contributed by atoms with van der Waals surface area (Å²) in [6.45, 7) is 0. The third-order valence-electron chi connectivity index (χ3n) is 2.51. The molecule has 2 aromatic rings.